The molecule has 2 aromatic heterocycles. The van der Waals surface area contributed by atoms with Gasteiger partial charge in [-0.1, -0.05) is 6.92 Å². The first-order valence-electron chi connectivity index (χ1n) is 8.23. The summed E-state index contributed by atoms with van der Waals surface area (Å²) in [5.41, 5.74) is 4.07. The maximum atomic E-state index is 11.9. The summed E-state index contributed by atoms with van der Waals surface area (Å²) in [5.74, 6) is 1.05. The van der Waals surface area contributed by atoms with E-state index in [1.807, 2.05) is 19.2 Å². The molecule has 0 amide bonds. The fourth-order valence-corrected chi connectivity index (χ4v) is 3.12. The normalized spacial score (nSPS) is 15.0. The molecule has 23 heavy (non-hydrogen) atoms. The Kier molecular flexibility index (Phi) is 4.48. The number of hydrogen-bond acceptors (Lipinski definition) is 4. The zero-order valence-electron chi connectivity index (χ0n) is 14.1. The topological polar surface area (TPSA) is 50.2 Å². The Hall–Kier alpha value is -2.14. The van der Waals surface area contributed by atoms with Crippen molar-refractivity contribution >= 4 is 5.82 Å². The quantitative estimate of drug-likeness (QED) is 0.938. The molecule has 1 N–H and O–H groups in total. The number of hydrogen-bond donors (Lipinski definition) is 1. The molecular weight excluding hydrogens is 288 g/mol. The molecule has 0 bridgehead atoms. The number of rotatable bonds is 3. The van der Waals surface area contributed by atoms with Crippen LogP contribution in [0.4, 0.5) is 5.82 Å². The van der Waals surface area contributed by atoms with Crippen molar-refractivity contribution in [3.8, 4) is 11.1 Å². The SMILES string of the molecule is CCc1nc(N2CCNCC2)ccc1-c1cc(C)c(=O)n(C)c1. The van der Waals surface area contributed by atoms with Gasteiger partial charge in [0, 0.05) is 56.1 Å². The Morgan fingerprint density at radius 3 is 2.65 bits per heavy atom. The van der Waals surface area contributed by atoms with Gasteiger partial charge in [0.25, 0.3) is 5.56 Å². The van der Waals surface area contributed by atoms with Crippen molar-refractivity contribution in [2.75, 3.05) is 31.1 Å². The van der Waals surface area contributed by atoms with Crippen LogP contribution < -0.4 is 15.8 Å². The van der Waals surface area contributed by atoms with Crippen LogP contribution in [0.2, 0.25) is 0 Å². The third-order valence-electron chi connectivity index (χ3n) is 4.41. The average molecular weight is 312 g/mol. The molecule has 5 heteroatoms. The summed E-state index contributed by atoms with van der Waals surface area (Å²) in [6.45, 7) is 7.99. The van der Waals surface area contributed by atoms with Gasteiger partial charge in [-0.3, -0.25) is 4.79 Å². The average Bonchev–Trinajstić information content (AvgIpc) is 2.59. The molecule has 5 nitrogen and oxygen atoms in total. The molecule has 3 heterocycles. The van der Waals surface area contributed by atoms with Gasteiger partial charge in [0.15, 0.2) is 0 Å². The highest BCUT2D eigenvalue weighted by Crippen LogP contribution is 2.26. The Bertz CT molecular complexity index is 734. The van der Waals surface area contributed by atoms with E-state index in [9.17, 15) is 4.79 Å². The molecule has 2 aromatic rings. The van der Waals surface area contributed by atoms with E-state index in [1.165, 1.54) is 0 Å². The molecule has 1 aliphatic rings. The first-order valence-corrected chi connectivity index (χ1v) is 8.23. The van der Waals surface area contributed by atoms with Crippen molar-refractivity contribution in [2.24, 2.45) is 7.05 Å². The molecule has 1 saturated heterocycles. The van der Waals surface area contributed by atoms with Crippen LogP contribution in [0.15, 0.2) is 29.2 Å². The first kappa shape index (κ1) is 15.7. The van der Waals surface area contributed by atoms with Gasteiger partial charge in [-0.15, -0.1) is 0 Å². The predicted octanol–water partition coefficient (Wildman–Crippen LogP) is 1.73. The molecule has 0 unspecified atom stereocenters. The lowest BCUT2D eigenvalue weighted by Gasteiger charge is -2.29. The molecule has 0 aromatic carbocycles. The molecule has 0 saturated carbocycles. The number of pyridine rings is 2. The highest BCUT2D eigenvalue weighted by atomic mass is 16.1. The Morgan fingerprint density at radius 2 is 2.00 bits per heavy atom. The van der Waals surface area contributed by atoms with Gasteiger partial charge in [-0.2, -0.15) is 0 Å². The van der Waals surface area contributed by atoms with Crippen molar-refractivity contribution in [1.29, 1.82) is 0 Å². The minimum atomic E-state index is 0.0530. The first-order chi connectivity index (χ1) is 11.1. The van der Waals surface area contributed by atoms with Crippen molar-refractivity contribution < 1.29 is 0 Å². The fourth-order valence-electron chi connectivity index (χ4n) is 3.12. The minimum absolute atomic E-state index is 0.0530. The maximum absolute atomic E-state index is 11.9. The predicted molar refractivity (Wildman–Crippen MR) is 94.1 cm³/mol. The summed E-state index contributed by atoms with van der Waals surface area (Å²) in [6.07, 6.45) is 2.77. The van der Waals surface area contributed by atoms with E-state index in [4.69, 9.17) is 4.98 Å². The molecule has 122 valence electrons. The van der Waals surface area contributed by atoms with Crippen molar-refractivity contribution in [2.45, 2.75) is 20.3 Å². The molecule has 3 rings (SSSR count). The van der Waals surface area contributed by atoms with Gasteiger partial charge < -0.3 is 14.8 Å². The third-order valence-corrected chi connectivity index (χ3v) is 4.41. The van der Waals surface area contributed by atoms with E-state index in [-0.39, 0.29) is 5.56 Å². The maximum Gasteiger partial charge on any atom is 0.253 e. The van der Waals surface area contributed by atoms with Crippen LogP contribution in [-0.4, -0.2) is 35.7 Å². The zero-order chi connectivity index (χ0) is 16.4. The smallest absolute Gasteiger partial charge is 0.253 e. The summed E-state index contributed by atoms with van der Waals surface area (Å²) in [5, 5.41) is 3.37. The van der Waals surface area contributed by atoms with Gasteiger partial charge in [0.1, 0.15) is 5.82 Å². The largest absolute Gasteiger partial charge is 0.354 e. The summed E-state index contributed by atoms with van der Waals surface area (Å²) in [6, 6.07) is 6.20. The van der Waals surface area contributed by atoms with E-state index in [2.05, 4.69) is 29.3 Å². The second-order valence-electron chi connectivity index (χ2n) is 6.08. The van der Waals surface area contributed by atoms with Crippen LogP contribution in [0.5, 0.6) is 0 Å². The summed E-state index contributed by atoms with van der Waals surface area (Å²) < 4.78 is 1.65. The van der Waals surface area contributed by atoms with Crippen molar-refractivity contribution in [3.63, 3.8) is 0 Å². The minimum Gasteiger partial charge on any atom is -0.354 e. The second kappa shape index (κ2) is 6.54. The molecule has 1 aliphatic heterocycles. The van der Waals surface area contributed by atoms with Crippen LogP contribution in [-0.2, 0) is 13.5 Å². The summed E-state index contributed by atoms with van der Waals surface area (Å²) in [7, 11) is 1.80. The van der Waals surface area contributed by atoms with Gasteiger partial charge in [0.05, 0.1) is 5.69 Å². The number of nitrogens with one attached hydrogen (secondary N) is 1. The second-order valence-corrected chi connectivity index (χ2v) is 6.08. The number of aromatic nitrogens is 2. The number of piperazine rings is 1. The van der Waals surface area contributed by atoms with Gasteiger partial charge in [0.2, 0.25) is 0 Å². The van der Waals surface area contributed by atoms with E-state index < -0.39 is 0 Å². The number of anilines is 1. The number of aryl methyl sites for hydroxylation is 3. The fraction of sp³-hybridized carbons (Fsp3) is 0.444. The van der Waals surface area contributed by atoms with Crippen molar-refractivity contribution in [1.82, 2.24) is 14.9 Å². The lowest BCUT2D eigenvalue weighted by Crippen LogP contribution is -2.43. The van der Waals surface area contributed by atoms with Crippen LogP contribution in [0.3, 0.4) is 0 Å². The lowest BCUT2D eigenvalue weighted by atomic mass is 10.0. The Labute approximate surface area is 137 Å². The molecule has 0 radical (unpaired) electrons. The van der Waals surface area contributed by atoms with E-state index in [1.54, 1.807) is 11.6 Å². The molecular formula is C18H24N4O. The van der Waals surface area contributed by atoms with Crippen molar-refractivity contribution in [3.05, 3.63) is 46.0 Å². The van der Waals surface area contributed by atoms with Crippen LogP contribution >= 0.6 is 0 Å². The molecule has 1 fully saturated rings. The third kappa shape index (κ3) is 3.15. The highest BCUT2D eigenvalue weighted by molar-refractivity contribution is 5.67. The molecule has 0 spiro atoms. The van der Waals surface area contributed by atoms with E-state index in [0.717, 1.165) is 60.8 Å². The summed E-state index contributed by atoms with van der Waals surface area (Å²) >= 11 is 0. The monoisotopic (exact) mass is 312 g/mol. The lowest BCUT2D eigenvalue weighted by molar-refractivity contribution is 0.584. The molecule has 0 aliphatic carbocycles. The van der Waals surface area contributed by atoms with Gasteiger partial charge in [-0.25, -0.2) is 4.98 Å². The van der Waals surface area contributed by atoms with Gasteiger partial charge in [-0.05, 0) is 31.5 Å². The van der Waals surface area contributed by atoms with E-state index >= 15 is 0 Å². The number of nitrogens with zero attached hydrogens (tertiary/aromatic N) is 3. The van der Waals surface area contributed by atoms with E-state index in [0.29, 0.717) is 0 Å². The highest BCUT2D eigenvalue weighted by Gasteiger charge is 2.14. The zero-order valence-corrected chi connectivity index (χ0v) is 14.1. The van der Waals surface area contributed by atoms with Crippen LogP contribution in [0.25, 0.3) is 11.1 Å². The Balaban J connectivity index is 2.01. The Morgan fingerprint density at radius 1 is 1.26 bits per heavy atom. The van der Waals surface area contributed by atoms with Crippen LogP contribution in [0, 0.1) is 6.92 Å². The van der Waals surface area contributed by atoms with Gasteiger partial charge >= 0.3 is 0 Å². The molecule has 0 atom stereocenters. The standard InChI is InChI=1S/C18H24N4O/c1-4-16-15(14-11-13(2)18(23)21(3)12-14)5-6-17(20-16)22-9-7-19-8-10-22/h5-6,11-12,19H,4,7-10H2,1-3H3. The summed E-state index contributed by atoms with van der Waals surface area (Å²) in [4.78, 5) is 19.1. The van der Waals surface area contributed by atoms with Crippen LogP contribution in [0.1, 0.15) is 18.2 Å².